The van der Waals surface area contributed by atoms with Gasteiger partial charge in [-0.3, -0.25) is 14.2 Å². The van der Waals surface area contributed by atoms with Crippen molar-refractivity contribution in [3.05, 3.63) is 24.9 Å². The Morgan fingerprint density at radius 2 is 2.24 bits per heavy atom. The Morgan fingerprint density at radius 3 is 2.90 bits per heavy atom. The van der Waals surface area contributed by atoms with Crippen LogP contribution in [0.2, 0.25) is 0 Å². The molecule has 10 heteroatoms. The van der Waals surface area contributed by atoms with Crippen LogP contribution in [0.15, 0.2) is 29.9 Å². The van der Waals surface area contributed by atoms with Crippen molar-refractivity contribution >= 4 is 21.6 Å². The van der Waals surface area contributed by atoms with Crippen LogP contribution < -0.4 is 10.0 Å². The number of aromatic nitrogens is 4. The molecule has 0 radical (unpaired) electrons. The molecule has 0 spiro atoms. The maximum absolute atomic E-state index is 11.9. The summed E-state index contributed by atoms with van der Waals surface area (Å²) >= 11 is 0. The average Bonchev–Trinajstić information content (AvgIpc) is 2.92. The van der Waals surface area contributed by atoms with Crippen LogP contribution >= 0.6 is 0 Å². The standard InChI is InChI=1S/C11H14N6O3S/c18-10(15-8-1-2-8)6-17-5-9(3-14-17)16-21(19,20)11-4-12-7-13-11/h3-5,7-8,16H,1-2,6H2,(H,12,13)(H,15,18). The van der Waals surface area contributed by atoms with E-state index in [0.29, 0.717) is 0 Å². The Labute approximate surface area is 120 Å². The molecule has 2 aromatic rings. The van der Waals surface area contributed by atoms with Gasteiger partial charge in [-0.15, -0.1) is 0 Å². The fourth-order valence-electron chi connectivity index (χ4n) is 1.75. The van der Waals surface area contributed by atoms with Crippen LogP contribution in [0, 0.1) is 0 Å². The highest BCUT2D eigenvalue weighted by molar-refractivity contribution is 7.92. The zero-order valence-electron chi connectivity index (χ0n) is 11.0. The molecule has 3 rings (SSSR count). The molecular weight excluding hydrogens is 296 g/mol. The van der Waals surface area contributed by atoms with Crippen LogP contribution in [-0.2, 0) is 21.4 Å². The molecule has 21 heavy (non-hydrogen) atoms. The molecule has 9 nitrogen and oxygen atoms in total. The van der Waals surface area contributed by atoms with Crippen molar-refractivity contribution in [1.82, 2.24) is 25.1 Å². The predicted molar refractivity (Wildman–Crippen MR) is 72.8 cm³/mol. The van der Waals surface area contributed by atoms with Gasteiger partial charge >= 0.3 is 0 Å². The summed E-state index contributed by atoms with van der Waals surface area (Å²) in [6.07, 6.45) is 7.31. The lowest BCUT2D eigenvalue weighted by Crippen LogP contribution is -2.29. The summed E-state index contributed by atoms with van der Waals surface area (Å²) in [7, 11) is -3.72. The highest BCUT2D eigenvalue weighted by Crippen LogP contribution is 2.18. The second-order valence-corrected chi connectivity index (χ2v) is 6.44. The van der Waals surface area contributed by atoms with Crippen LogP contribution in [0.3, 0.4) is 0 Å². The number of hydrogen-bond donors (Lipinski definition) is 3. The van der Waals surface area contributed by atoms with Gasteiger partial charge in [-0.05, 0) is 12.8 Å². The molecule has 3 N–H and O–H groups in total. The maximum Gasteiger partial charge on any atom is 0.279 e. The van der Waals surface area contributed by atoms with E-state index in [1.54, 1.807) is 0 Å². The van der Waals surface area contributed by atoms with Gasteiger partial charge in [0.25, 0.3) is 10.0 Å². The molecule has 1 saturated carbocycles. The van der Waals surface area contributed by atoms with Gasteiger partial charge in [0.05, 0.1) is 24.4 Å². The van der Waals surface area contributed by atoms with Gasteiger partial charge in [0.2, 0.25) is 5.91 Å². The van der Waals surface area contributed by atoms with Gasteiger partial charge in [0.15, 0.2) is 5.03 Å². The zero-order chi connectivity index (χ0) is 14.9. The summed E-state index contributed by atoms with van der Waals surface area (Å²) in [5.74, 6) is -0.136. The lowest BCUT2D eigenvalue weighted by molar-refractivity contribution is -0.122. The Morgan fingerprint density at radius 1 is 1.43 bits per heavy atom. The van der Waals surface area contributed by atoms with Gasteiger partial charge in [0.1, 0.15) is 6.54 Å². The Hall–Kier alpha value is -2.36. The summed E-state index contributed by atoms with van der Waals surface area (Å²) in [5.41, 5.74) is 0.281. The zero-order valence-corrected chi connectivity index (χ0v) is 11.8. The SMILES string of the molecule is O=C(Cn1cc(NS(=O)(=O)c2cnc[nH]2)cn1)NC1CC1. The van der Waals surface area contributed by atoms with E-state index >= 15 is 0 Å². The van der Waals surface area contributed by atoms with Crippen molar-refractivity contribution in [1.29, 1.82) is 0 Å². The summed E-state index contributed by atoms with van der Waals surface area (Å²) < 4.78 is 27.6. The first kappa shape index (κ1) is 13.6. The smallest absolute Gasteiger partial charge is 0.279 e. The minimum atomic E-state index is -3.72. The van der Waals surface area contributed by atoms with E-state index in [2.05, 4.69) is 25.1 Å². The van der Waals surface area contributed by atoms with Crippen LogP contribution in [-0.4, -0.2) is 40.1 Å². The fraction of sp³-hybridized carbons (Fsp3) is 0.364. The lowest BCUT2D eigenvalue weighted by Gasteiger charge is -2.03. The third-order valence-corrected chi connectivity index (χ3v) is 4.20. The molecule has 0 saturated heterocycles. The highest BCUT2D eigenvalue weighted by atomic mass is 32.2. The number of imidazole rings is 1. The molecule has 0 unspecified atom stereocenters. The Kier molecular flexibility index (Phi) is 3.37. The van der Waals surface area contributed by atoms with E-state index in [9.17, 15) is 13.2 Å². The Bertz CT molecular complexity index is 732. The van der Waals surface area contributed by atoms with Crippen molar-refractivity contribution in [2.45, 2.75) is 30.5 Å². The molecule has 1 aliphatic rings. The lowest BCUT2D eigenvalue weighted by atomic mass is 10.5. The van der Waals surface area contributed by atoms with E-state index in [4.69, 9.17) is 0 Å². The van der Waals surface area contributed by atoms with Crippen LogP contribution in [0.25, 0.3) is 0 Å². The summed E-state index contributed by atoms with van der Waals surface area (Å²) in [6, 6.07) is 0.284. The summed E-state index contributed by atoms with van der Waals surface area (Å²) in [5, 5.41) is 6.74. The number of hydrogen-bond acceptors (Lipinski definition) is 5. The van der Waals surface area contributed by atoms with E-state index in [0.717, 1.165) is 12.8 Å². The number of amides is 1. The predicted octanol–water partition coefficient (Wildman–Crippen LogP) is -0.314. The third kappa shape index (κ3) is 3.40. The molecule has 0 atom stereocenters. The number of anilines is 1. The van der Waals surface area contributed by atoms with Crippen LogP contribution in [0.5, 0.6) is 0 Å². The molecule has 0 bridgehead atoms. The topological polar surface area (TPSA) is 122 Å². The number of aromatic amines is 1. The van der Waals surface area contributed by atoms with Crippen molar-refractivity contribution in [2.75, 3.05) is 4.72 Å². The van der Waals surface area contributed by atoms with Gasteiger partial charge < -0.3 is 10.3 Å². The van der Waals surface area contributed by atoms with E-state index in [1.165, 1.54) is 29.6 Å². The number of sulfonamides is 1. The molecule has 1 fully saturated rings. The number of nitrogens with zero attached hydrogens (tertiary/aromatic N) is 3. The van der Waals surface area contributed by atoms with Gasteiger partial charge in [-0.25, -0.2) is 4.98 Å². The fourth-order valence-corrected chi connectivity index (χ4v) is 2.68. The van der Waals surface area contributed by atoms with Gasteiger partial charge in [0, 0.05) is 12.2 Å². The van der Waals surface area contributed by atoms with Gasteiger partial charge in [-0.2, -0.15) is 13.5 Å². The number of rotatable bonds is 6. The normalized spacial score (nSPS) is 14.9. The van der Waals surface area contributed by atoms with Crippen molar-refractivity contribution < 1.29 is 13.2 Å². The Balaban J connectivity index is 1.63. The number of carbonyl (C=O) groups is 1. The summed E-state index contributed by atoms with van der Waals surface area (Å²) in [4.78, 5) is 17.8. The third-order valence-electron chi connectivity index (χ3n) is 2.90. The van der Waals surface area contributed by atoms with Crippen LogP contribution in [0.4, 0.5) is 5.69 Å². The number of nitrogens with one attached hydrogen (secondary N) is 3. The van der Waals surface area contributed by atoms with Crippen molar-refractivity contribution in [2.24, 2.45) is 0 Å². The van der Waals surface area contributed by atoms with E-state index < -0.39 is 10.0 Å². The molecular formula is C11H14N6O3S. The molecule has 1 amide bonds. The molecule has 0 aromatic carbocycles. The number of H-pyrrole nitrogens is 1. The maximum atomic E-state index is 11.9. The molecule has 112 valence electrons. The first-order chi connectivity index (χ1) is 10.0. The molecule has 0 aliphatic heterocycles. The average molecular weight is 310 g/mol. The second kappa shape index (κ2) is 5.20. The summed E-state index contributed by atoms with van der Waals surface area (Å²) in [6.45, 7) is 0.0578. The van der Waals surface area contributed by atoms with Crippen molar-refractivity contribution in [3.8, 4) is 0 Å². The minimum absolute atomic E-state index is 0.0401. The second-order valence-electron chi connectivity index (χ2n) is 4.79. The highest BCUT2D eigenvalue weighted by Gasteiger charge is 2.23. The minimum Gasteiger partial charge on any atom is -0.352 e. The van der Waals surface area contributed by atoms with Gasteiger partial charge in [-0.1, -0.05) is 0 Å². The largest absolute Gasteiger partial charge is 0.352 e. The monoisotopic (exact) mass is 310 g/mol. The van der Waals surface area contributed by atoms with Crippen molar-refractivity contribution in [3.63, 3.8) is 0 Å². The molecule has 2 aromatic heterocycles. The first-order valence-corrected chi connectivity index (χ1v) is 7.84. The molecule has 1 aliphatic carbocycles. The van der Waals surface area contributed by atoms with E-state index in [1.807, 2.05) is 0 Å². The number of carbonyl (C=O) groups excluding carboxylic acids is 1. The quantitative estimate of drug-likeness (QED) is 0.675. The molecule has 2 heterocycles. The van der Waals surface area contributed by atoms with Crippen LogP contribution in [0.1, 0.15) is 12.8 Å². The first-order valence-electron chi connectivity index (χ1n) is 6.36. The van der Waals surface area contributed by atoms with E-state index in [-0.39, 0.29) is 29.2 Å².